The SMILES string of the molecule is COc1cc(NC(=O)C2=Cc3c(C)c(O)c(C)c(C)c3OC2)c(C(=O)O)cc1OC. The van der Waals surface area contributed by atoms with Gasteiger partial charge in [0.2, 0.25) is 0 Å². The predicted octanol–water partition coefficient (Wildman–Crippen LogP) is 3.45. The van der Waals surface area contributed by atoms with Crippen LogP contribution in [0.15, 0.2) is 17.7 Å². The van der Waals surface area contributed by atoms with E-state index in [0.29, 0.717) is 22.4 Å². The number of hydrogen-bond donors (Lipinski definition) is 3. The molecule has 0 unspecified atom stereocenters. The number of amides is 1. The average Bonchev–Trinajstić information content (AvgIpc) is 2.75. The lowest BCUT2D eigenvalue weighted by molar-refractivity contribution is -0.113. The van der Waals surface area contributed by atoms with Crippen LogP contribution >= 0.6 is 0 Å². The second-order valence-corrected chi connectivity index (χ2v) is 6.94. The van der Waals surface area contributed by atoms with E-state index in [0.717, 1.165) is 11.1 Å². The first-order valence-corrected chi connectivity index (χ1v) is 9.16. The Morgan fingerprint density at radius 1 is 1.03 bits per heavy atom. The molecule has 1 aliphatic rings. The molecule has 1 aliphatic heterocycles. The van der Waals surface area contributed by atoms with E-state index in [1.165, 1.54) is 26.4 Å². The molecule has 0 saturated heterocycles. The Morgan fingerprint density at radius 3 is 2.27 bits per heavy atom. The summed E-state index contributed by atoms with van der Waals surface area (Å²) in [7, 11) is 2.81. The van der Waals surface area contributed by atoms with E-state index in [2.05, 4.69) is 5.32 Å². The summed E-state index contributed by atoms with van der Waals surface area (Å²) in [6.45, 7) is 5.41. The topological polar surface area (TPSA) is 114 Å². The molecule has 158 valence electrons. The lowest BCUT2D eigenvalue weighted by atomic mass is 9.94. The summed E-state index contributed by atoms with van der Waals surface area (Å²) < 4.78 is 16.1. The van der Waals surface area contributed by atoms with E-state index in [1.807, 2.05) is 6.92 Å². The standard InChI is InChI=1S/C22H23NO7/c1-10-11(2)20-14(12(3)19(10)24)6-13(9-30-20)21(25)23-16-8-18(29-5)17(28-4)7-15(16)22(26)27/h6-8,24H,9H2,1-5H3,(H,23,25)(H,26,27). The number of rotatable bonds is 5. The molecule has 0 fully saturated rings. The van der Waals surface area contributed by atoms with E-state index in [-0.39, 0.29) is 35.1 Å². The molecule has 3 N–H and O–H groups in total. The summed E-state index contributed by atoms with van der Waals surface area (Å²) in [5, 5.41) is 22.5. The number of methoxy groups -OCH3 is 2. The van der Waals surface area contributed by atoms with Gasteiger partial charge in [-0.2, -0.15) is 0 Å². The largest absolute Gasteiger partial charge is 0.507 e. The maximum atomic E-state index is 12.9. The van der Waals surface area contributed by atoms with Crippen LogP contribution in [0, 0.1) is 20.8 Å². The van der Waals surface area contributed by atoms with Crippen LogP contribution in [0.5, 0.6) is 23.0 Å². The Bertz CT molecular complexity index is 1090. The summed E-state index contributed by atoms with van der Waals surface area (Å²) in [4.78, 5) is 24.5. The number of carboxylic acids is 1. The van der Waals surface area contributed by atoms with E-state index in [4.69, 9.17) is 14.2 Å². The predicted molar refractivity (Wildman–Crippen MR) is 111 cm³/mol. The van der Waals surface area contributed by atoms with E-state index < -0.39 is 11.9 Å². The van der Waals surface area contributed by atoms with Crippen molar-refractivity contribution in [1.29, 1.82) is 0 Å². The van der Waals surface area contributed by atoms with E-state index in [9.17, 15) is 19.8 Å². The summed E-state index contributed by atoms with van der Waals surface area (Å²) in [5.74, 6) is -0.454. The van der Waals surface area contributed by atoms with Gasteiger partial charge < -0.3 is 29.7 Å². The Hall–Kier alpha value is -3.68. The van der Waals surface area contributed by atoms with Gasteiger partial charge in [-0.1, -0.05) is 0 Å². The van der Waals surface area contributed by atoms with Crippen molar-refractivity contribution >= 4 is 23.6 Å². The highest BCUT2D eigenvalue weighted by Gasteiger charge is 2.25. The Labute approximate surface area is 173 Å². The number of aromatic carboxylic acids is 1. The van der Waals surface area contributed by atoms with Crippen LogP contribution in [0.2, 0.25) is 0 Å². The maximum absolute atomic E-state index is 12.9. The fourth-order valence-electron chi connectivity index (χ4n) is 3.35. The average molecular weight is 413 g/mol. The molecule has 0 aromatic heterocycles. The first-order chi connectivity index (χ1) is 14.2. The van der Waals surface area contributed by atoms with Crippen molar-refractivity contribution in [2.45, 2.75) is 20.8 Å². The van der Waals surface area contributed by atoms with Crippen molar-refractivity contribution in [1.82, 2.24) is 0 Å². The van der Waals surface area contributed by atoms with E-state index >= 15 is 0 Å². The number of benzene rings is 2. The number of carbonyl (C=O) groups is 2. The van der Waals surface area contributed by atoms with Crippen LogP contribution in [-0.4, -0.2) is 42.9 Å². The van der Waals surface area contributed by atoms with Crippen molar-refractivity contribution in [3.63, 3.8) is 0 Å². The number of carboxylic acid groups (broad SMARTS) is 1. The second kappa shape index (κ2) is 7.98. The van der Waals surface area contributed by atoms with Crippen molar-refractivity contribution in [3.05, 3.63) is 45.5 Å². The number of aromatic hydroxyl groups is 1. The minimum atomic E-state index is -1.22. The number of phenols is 1. The van der Waals surface area contributed by atoms with Gasteiger partial charge in [0, 0.05) is 23.3 Å². The molecular formula is C22H23NO7. The summed E-state index contributed by atoms with van der Waals surface area (Å²) >= 11 is 0. The number of fused-ring (bicyclic) bond motifs is 1. The van der Waals surface area contributed by atoms with Gasteiger partial charge >= 0.3 is 5.97 Å². The number of nitrogens with one attached hydrogen (secondary N) is 1. The molecule has 2 aromatic rings. The van der Waals surface area contributed by atoms with Gasteiger partial charge in [0.25, 0.3) is 5.91 Å². The highest BCUT2D eigenvalue weighted by atomic mass is 16.5. The van der Waals surface area contributed by atoms with Crippen LogP contribution in [0.25, 0.3) is 6.08 Å². The molecule has 0 radical (unpaired) electrons. The molecule has 8 nitrogen and oxygen atoms in total. The first kappa shape index (κ1) is 21.0. The van der Waals surface area contributed by atoms with Gasteiger partial charge in [-0.25, -0.2) is 4.79 Å². The highest BCUT2D eigenvalue weighted by molar-refractivity contribution is 6.10. The number of ether oxygens (including phenoxy) is 3. The quantitative estimate of drug-likeness (QED) is 0.688. The third-order valence-corrected chi connectivity index (χ3v) is 5.25. The molecule has 8 heteroatoms. The molecule has 0 spiro atoms. The smallest absolute Gasteiger partial charge is 0.337 e. The molecule has 1 amide bonds. The lowest BCUT2D eigenvalue weighted by Gasteiger charge is -2.23. The Balaban J connectivity index is 2.00. The van der Waals surface area contributed by atoms with Gasteiger partial charge in [-0.05, 0) is 38.0 Å². The molecule has 0 aliphatic carbocycles. The van der Waals surface area contributed by atoms with Gasteiger partial charge in [0.05, 0.1) is 31.0 Å². The van der Waals surface area contributed by atoms with Crippen LogP contribution in [-0.2, 0) is 4.79 Å². The molecule has 1 heterocycles. The molecule has 3 rings (SSSR count). The van der Waals surface area contributed by atoms with Crippen molar-refractivity contribution < 1.29 is 34.0 Å². The maximum Gasteiger partial charge on any atom is 0.337 e. The van der Waals surface area contributed by atoms with Gasteiger partial charge in [0.15, 0.2) is 11.5 Å². The molecule has 0 saturated carbocycles. The summed E-state index contributed by atoms with van der Waals surface area (Å²) in [6, 6.07) is 2.68. The Morgan fingerprint density at radius 2 is 1.67 bits per heavy atom. The number of anilines is 1. The van der Waals surface area contributed by atoms with Gasteiger partial charge in [-0.15, -0.1) is 0 Å². The van der Waals surface area contributed by atoms with Gasteiger partial charge in [0.1, 0.15) is 18.1 Å². The molecule has 0 bridgehead atoms. The third-order valence-electron chi connectivity index (χ3n) is 5.25. The third kappa shape index (κ3) is 3.52. The lowest BCUT2D eigenvalue weighted by Crippen LogP contribution is -2.23. The first-order valence-electron chi connectivity index (χ1n) is 9.16. The van der Waals surface area contributed by atoms with Gasteiger partial charge in [-0.3, -0.25) is 4.79 Å². The van der Waals surface area contributed by atoms with Crippen LogP contribution in [0.3, 0.4) is 0 Å². The second-order valence-electron chi connectivity index (χ2n) is 6.94. The van der Waals surface area contributed by atoms with Crippen molar-refractivity contribution in [3.8, 4) is 23.0 Å². The van der Waals surface area contributed by atoms with Crippen molar-refractivity contribution in [2.75, 3.05) is 26.1 Å². The summed E-state index contributed by atoms with van der Waals surface area (Å²) in [5.41, 5.74) is 2.98. The zero-order valence-corrected chi connectivity index (χ0v) is 17.4. The van der Waals surface area contributed by atoms with Crippen molar-refractivity contribution in [2.24, 2.45) is 0 Å². The zero-order chi connectivity index (χ0) is 22.2. The minimum Gasteiger partial charge on any atom is -0.507 e. The fraction of sp³-hybridized carbons (Fsp3) is 0.273. The van der Waals surface area contributed by atoms with Crippen LogP contribution < -0.4 is 19.5 Å². The van der Waals surface area contributed by atoms with Crippen LogP contribution in [0.4, 0.5) is 5.69 Å². The summed E-state index contributed by atoms with van der Waals surface area (Å²) in [6.07, 6.45) is 1.65. The molecule has 0 atom stereocenters. The number of carbonyl (C=O) groups excluding carboxylic acids is 1. The molecule has 30 heavy (non-hydrogen) atoms. The monoisotopic (exact) mass is 413 g/mol. The minimum absolute atomic E-state index is 0.0129. The zero-order valence-electron chi connectivity index (χ0n) is 17.4. The normalized spacial score (nSPS) is 12.4. The number of phenolic OH excluding ortho intramolecular Hbond substituents is 1. The molecular weight excluding hydrogens is 390 g/mol. The molecule has 2 aromatic carbocycles. The Kier molecular flexibility index (Phi) is 5.60. The number of hydrogen-bond acceptors (Lipinski definition) is 6. The highest BCUT2D eigenvalue weighted by Crippen LogP contribution is 2.40. The van der Waals surface area contributed by atoms with E-state index in [1.54, 1.807) is 19.9 Å². The van der Waals surface area contributed by atoms with Crippen LogP contribution in [0.1, 0.15) is 32.6 Å². The fourth-order valence-corrected chi connectivity index (χ4v) is 3.35.